The predicted molar refractivity (Wildman–Crippen MR) is 83.6 cm³/mol. The van der Waals surface area contributed by atoms with Crippen molar-refractivity contribution in [3.05, 3.63) is 34.9 Å². The number of halogens is 1. The Morgan fingerprint density at radius 2 is 1.86 bits per heavy atom. The number of anilines is 1. The van der Waals surface area contributed by atoms with Crippen LogP contribution in [0.2, 0.25) is 0 Å². The van der Waals surface area contributed by atoms with Crippen molar-refractivity contribution < 1.29 is 9.47 Å². The maximum Gasteiger partial charge on any atom is 0.184 e. The number of pyridine rings is 1. The van der Waals surface area contributed by atoms with E-state index in [1.54, 1.807) is 20.3 Å². The molecule has 0 aliphatic carbocycles. The lowest BCUT2D eigenvalue weighted by molar-refractivity contribution is 0.355. The molecule has 7 heteroatoms. The molecule has 0 unspecified atom stereocenters. The number of fused-ring (bicyclic) bond motifs is 1. The first-order valence-corrected chi connectivity index (χ1v) is 6.95. The zero-order valence-electron chi connectivity index (χ0n) is 11.5. The van der Waals surface area contributed by atoms with Gasteiger partial charge in [-0.05, 0) is 40.2 Å². The van der Waals surface area contributed by atoms with Crippen LogP contribution in [0.5, 0.6) is 11.5 Å². The first-order chi connectivity index (χ1) is 10.1. The van der Waals surface area contributed by atoms with Crippen molar-refractivity contribution in [1.82, 2.24) is 14.6 Å². The van der Waals surface area contributed by atoms with E-state index in [2.05, 4.69) is 26.1 Å². The van der Waals surface area contributed by atoms with Crippen molar-refractivity contribution >= 4 is 27.3 Å². The van der Waals surface area contributed by atoms with Crippen molar-refractivity contribution in [2.75, 3.05) is 20.0 Å². The zero-order chi connectivity index (χ0) is 15.0. The number of aromatic nitrogens is 3. The first kappa shape index (κ1) is 13.7. The topological polar surface area (TPSA) is 74.7 Å². The van der Waals surface area contributed by atoms with Crippen molar-refractivity contribution in [2.24, 2.45) is 0 Å². The number of rotatable bonds is 3. The molecule has 0 saturated heterocycles. The molecule has 21 heavy (non-hydrogen) atoms. The summed E-state index contributed by atoms with van der Waals surface area (Å²) >= 11 is 3.42. The van der Waals surface area contributed by atoms with Gasteiger partial charge in [-0.25, -0.2) is 0 Å². The molecule has 0 fully saturated rings. The van der Waals surface area contributed by atoms with Crippen LogP contribution in [0.25, 0.3) is 17.0 Å². The highest BCUT2D eigenvalue weighted by atomic mass is 79.9. The summed E-state index contributed by atoms with van der Waals surface area (Å²) in [6, 6.07) is 7.38. The fourth-order valence-electron chi connectivity index (χ4n) is 2.16. The molecule has 3 rings (SSSR count). The molecule has 0 atom stereocenters. The van der Waals surface area contributed by atoms with E-state index in [4.69, 9.17) is 15.2 Å². The average Bonchev–Trinajstić information content (AvgIpc) is 2.90. The summed E-state index contributed by atoms with van der Waals surface area (Å²) in [5, 5.41) is 8.34. The molecule has 2 heterocycles. The van der Waals surface area contributed by atoms with Crippen LogP contribution in [-0.4, -0.2) is 28.8 Å². The van der Waals surface area contributed by atoms with Crippen LogP contribution in [0.1, 0.15) is 0 Å². The van der Waals surface area contributed by atoms with Crippen LogP contribution >= 0.6 is 15.9 Å². The molecule has 0 radical (unpaired) electrons. The van der Waals surface area contributed by atoms with Gasteiger partial charge in [-0.2, -0.15) is 0 Å². The van der Waals surface area contributed by atoms with Gasteiger partial charge >= 0.3 is 0 Å². The Kier molecular flexibility index (Phi) is 3.42. The minimum atomic E-state index is 0.559. The molecular formula is C14H13BrN4O2. The number of methoxy groups -OCH3 is 2. The lowest BCUT2D eigenvalue weighted by Gasteiger charge is -2.09. The number of benzene rings is 1. The third kappa shape index (κ3) is 2.29. The summed E-state index contributed by atoms with van der Waals surface area (Å²) in [5.74, 6) is 1.98. The minimum absolute atomic E-state index is 0.559. The highest BCUT2D eigenvalue weighted by Crippen LogP contribution is 2.32. The quantitative estimate of drug-likeness (QED) is 0.787. The van der Waals surface area contributed by atoms with Crippen molar-refractivity contribution in [3.8, 4) is 22.9 Å². The second kappa shape index (κ2) is 5.25. The molecule has 2 N–H and O–H groups in total. The summed E-state index contributed by atoms with van der Waals surface area (Å²) in [6.45, 7) is 0. The van der Waals surface area contributed by atoms with E-state index in [1.165, 1.54) is 0 Å². The maximum absolute atomic E-state index is 5.95. The Balaban J connectivity index is 2.21. The van der Waals surface area contributed by atoms with Gasteiger partial charge in [0, 0.05) is 16.2 Å². The molecule has 1 aromatic carbocycles. The normalized spacial score (nSPS) is 10.8. The molecule has 0 bridgehead atoms. The van der Waals surface area contributed by atoms with Gasteiger partial charge in [0.1, 0.15) is 0 Å². The van der Waals surface area contributed by atoms with Gasteiger partial charge < -0.3 is 15.2 Å². The third-order valence-corrected chi connectivity index (χ3v) is 3.58. The summed E-state index contributed by atoms with van der Waals surface area (Å²) in [7, 11) is 3.19. The van der Waals surface area contributed by atoms with Crippen molar-refractivity contribution in [3.63, 3.8) is 0 Å². The minimum Gasteiger partial charge on any atom is -0.493 e. The highest BCUT2D eigenvalue weighted by Gasteiger charge is 2.13. The molecule has 108 valence electrons. The second-order valence-corrected chi connectivity index (χ2v) is 5.32. The van der Waals surface area contributed by atoms with Gasteiger partial charge in [-0.3, -0.25) is 4.40 Å². The van der Waals surface area contributed by atoms with E-state index < -0.39 is 0 Å². The van der Waals surface area contributed by atoms with E-state index in [0.29, 0.717) is 28.7 Å². The number of hydrogen-bond donors (Lipinski definition) is 1. The lowest BCUT2D eigenvalue weighted by Crippen LogP contribution is -1.95. The monoisotopic (exact) mass is 348 g/mol. The van der Waals surface area contributed by atoms with Gasteiger partial charge in [0.15, 0.2) is 23.0 Å². The highest BCUT2D eigenvalue weighted by molar-refractivity contribution is 9.10. The summed E-state index contributed by atoms with van der Waals surface area (Å²) in [4.78, 5) is 0. The van der Waals surface area contributed by atoms with Gasteiger partial charge in [0.05, 0.1) is 19.9 Å². The van der Waals surface area contributed by atoms with E-state index in [-0.39, 0.29) is 0 Å². The molecule has 0 aliphatic heterocycles. The van der Waals surface area contributed by atoms with E-state index in [9.17, 15) is 0 Å². The smallest absolute Gasteiger partial charge is 0.184 e. The molecule has 0 amide bonds. The van der Waals surface area contributed by atoms with Crippen molar-refractivity contribution in [1.29, 1.82) is 0 Å². The Hall–Kier alpha value is -2.28. The fourth-order valence-corrected chi connectivity index (χ4v) is 2.61. The molecule has 6 nitrogen and oxygen atoms in total. The van der Waals surface area contributed by atoms with Gasteiger partial charge in [-0.1, -0.05) is 0 Å². The van der Waals surface area contributed by atoms with Crippen molar-refractivity contribution in [2.45, 2.75) is 0 Å². The first-order valence-electron chi connectivity index (χ1n) is 6.16. The van der Waals surface area contributed by atoms with Crippen LogP contribution in [-0.2, 0) is 0 Å². The largest absolute Gasteiger partial charge is 0.493 e. The third-order valence-electron chi connectivity index (χ3n) is 3.14. The van der Waals surface area contributed by atoms with E-state index in [1.807, 2.05) is 28.8 Å². The molecule has 3 aromatic rings. The Bertz CT molecular complexity index is 816. The standard InChI is InChI=1S/C14H13BrN4O2/c1-20-11-4-3-8(5-12(11)21-2)13-17-18-14-10(16)6-9(15)7-19(13)14/h3-7H,16H2,1-2H3. The maximum atomic E-state index is 5.95. The zero-order valence-corrected chi connectivity index (χ0v) is 13.1. The lowest BCUT2D eigenvalue weighted by atomic mass is 10.2. The van der Waals surface area contributed by atoms with Crippen LogP contribution in [0.4, 0.5) is 5.69 Å². The van der Waals surface area contributed by atoms with E-state index >= 15 is 0 Å². The number of nitrogen functional groups attached to an aromatic ring is 1. The number of nitrogens with zero attached hydrogens (tertiary/aromatic N) is 3. The Morgan fingerprint density at radius 1 is 1.10 bits per heavy atom. The summed E-state index contributed by atoms with van der Waals surface area (Å²) in [6.07, 6.45) is 1.87. The second-order valence-electron chi connectivity index (χ2n) is 4.40. The van der Waals surface area contributed by atoms with Crippen LogP contribution in [0.3, 0.4) is 0 Å². The van der Waals surface area contributed by atoms with Crippen LogP contribution in [0, 0.1) is 0 Å². The molecule has 0 aliphatic rings. The number of nitrogens with two attached hydrogens (primary N) is 1. The summed E-state index contributed by atoms with van der Waals surface area (Å²) < 4.78 is 13.2. The number of hydrogen-bond acceptors (Lipinski definition) is 5. The molecule has 0 spiro atoms. The van der Waals surface area contributed by atoms with Gasteiger partial charge in [0.2, 0.25) is 0 Å². The predicted octanol–water partition coefficient (Wildman–Crippen LogP) is 2.76. The Morgan fingerprint density at radius 3 is 2.57 bits per heavy atom. The van der Waals surface area contributed by atoms with Gasteiger partial charge in [0.25, 0.3) is 0 Å². The molecular weight excluding hydrogens is 336 g/mol. The van der Waals surface area contributed by atoms with Crippen LogP contribution < -0.4 is 15.2 Å². The SMILES string of the molecule is COc1ccc(-c2nnc3c(N)cc(Br)cn23)cc1OC. The number of ether oxygens (including phenoxy) is 2. The van der Waals surface area contributed by atoms with E-state index in [0.717, 1.165) is 10.0 Å². The van der Waals surface area contributed by atoms with Gasteiger partial charge in [-0.15, -0.1) is 10.2 Å². The Labute approximate surface area is 129 Å². The fraction of sp³-hybridized carbons (Fsp3) is 0.143. The molecule has 0 saturated carbocycles. The van der Waals surface area contributed by atoms with Crippen LogP contribution in [0.15, 0.2) is 34.9 Å². The molecule has 2 aromatic heterocycles. The average molecular weight is 349 g/mol. The summed E-state index contributed by atoms with van der Waals surface area (Å²) in [5.41, 5.74) is 7.98.